The summed E-state index contributed by atoms with van der Waals surface area (Å²) in [5.74, 6) is -0.664. The molecule has 0 aliphatic carbocycles. The smallest absolute Gasteiger partial charge is 0.303 e. The van der Waals surface area contributed by atoms with Crippen molar-refractivity contribution >= 4 is 5.97 Å². The lowest BCUT2D eigenvalue weighted by atomic mass is 10.1. The average molecular weight is 358 g/mol. The zero-order valence-corrected chi connectivity index (χ0v) is 17.5. The molecule has 0 spiro atoms. The van der Waals surface area contributed by atoms with Crippen LogP contribution in [0.25, 0.3) is 0 Å². The SMILES string of the molecule is CCCC.CCCCCCCC/C=C\CCCCCCCC(=O)O.N. The van der Waals surface area contributed by atoms with Gasteiger partial charge in [0.2, 0.25) is 0 Å². The molecule has 3 heteroatoms. The van der Waals surface area contributed by atoms with Gasteiger partial charge in [0.25, 0.3) is 0 Å². The number of hydrogen-bond acceptors (Lipinski definition) is 2. The van der Waals surface area contributed by atoms with Crippen LogP contribution in [0, 0.1) is 0 Å². The van der Waals surface area contributed by atoms with E-state index >= 15 is 0 Å². The highest BCUT2D eigenvalue weighted by molar-refractivity contribution is 5.66. The first kappa shape index (κ1) is 29.0. The van der Waals surface area contributed by atoms with Crippen molar-refractivity contribution in [1.82, 2.24) is 6.15 Å². The molecule has 0 bridgehead atoms. The van der Waals surface area contributed by atoms with Gasteiger partial charge in [-0.3, -0.25) is 4.79 Å². The summed E-state index contributed by atoms with van der Waals surface area (Å²) in [5, 5.41) is 8.51. The van der Waals surface area contributed by atoms with E-state index in [9.17, 15) is 4.79 Å². The molecule has 0 aromatic heterocycles. The minimum Gasteiger partial charge on any atom is -0.481 e. The van der Waals surface area contributed by atoms with E-state index in [1.165, 1.54) is 83.5 Å². The van der Waals surface area contributed by atoms with E-state index < -0.39 is 5.97 Å². The van der Waals surface area contributed by atoms with E-state index in [4.69, 9.17) is 5.11 Å². The fourth-order valence-corrected chi connectivity index (χ4v) is 2.35. The lowest BCUT2D eigenvalue weighted by Gasteiger charge is -1.99. The molecule has 25 heavy (non-hydrogen) atoms. The van der Waals surface area contributed by atoms with Gasteiger partial charge in [0.05, 0.1) is 0 Å². The number of carbonyl (C=O) groups is 1. The standard InChI is InChI=1S/C18H34O2.C4H10.H3N/c1-2-3-4-5-6-7-8-9-10-11-12-13-14-15-16-17-18(19)20;1-3-4-2;/h9-10H,2-8,11-17H2,1H3,(H,19,20);3-4H2,1-2H3;1H3/b10-9-;;. The fourth-order valence-electron chi connectivity index (χ4n) is 2.35. The first-order valence-corrected chi connectivity index (χ1v) is 10.6. The zero-order chi connectivity index (χ0) is 18.3. The van der Waals surface area contributed by atoms with Gasteiger partial charge < -0.3 is 11.3 Å². The summed E-state index contributed by atoms with van der Waals surface area (Å²) in [5.41, 5.74) is 0. The Balaban J connectivity index is -0.000000867. The summed E-state index contributed by atoms with van der Waals surface area (Å²) in [6.45, 7) is 6.62. The minimum atomic E-state index is -0.664. The zero-order valence-electron chi connectivity index (χ0n) is 17.5. The molecule has 0 aromatic carbocycles. The van der Waals surface area contributed by atoms with Crippen molar-refractivity contribution in [2.75, 3.05) is 0 Å². The largest absolute Gasteiger partial charge is 0.481 e. The number of allylic oxidation sites excluding steroid dienone is 2. The van der Waals surface area contributed by atoms with Crippen LogP contribution < -0.4 is 6.15 Å². The maximum absolute atomic E-state index is 10.3. The van der Waals surface area contributed by atoms with E-state index in [-0.39, 0.29) is 6.15 Å². The monoisotopic (exact) mass is 357 g/mol. The lowest BCUT2D eigenvalue weighted by Crippen LogP contribution is -1.93. The fraction of sp³-hybridized carbons (Fsp3) is 0.864. The Morgan fingerprint density at radius 2 is 1.04 bits per heavy atom. The molecule has 0 aromatic rings. The van der Waals surface area contributed by atoms with Gasteiger partial charge in [-0.05, 0) is 32.1 Å². The molecule has 0 radical (unpaired) electrons. The van der Waals surface area contributed by atoms with E-state index in [0.29, 0.717) is 6.42 Å². The molecule has 0 rings (SSSR count). The maximum atomic E-state index is 10.3. The Morgan fingerprint density at radius 1 is 0.640 bits per heavy atom. The summed E-state index contributed by atoms with van der Waals surface area (Å²) < 4.78 is 0. The van der Waals surface area contributed by atoms with Crippen LogP contribution in [-0.4, -0.2) is 11.1 Å². The van der Waals surface area contributed by atoms with Crippen LogP contribution in [0.2, 0.25) is 0 Å². The molecule has 3 nitrogen and oxygen atoms in total. The second-order valence-corrected chi connectivity index (χ2v) is 6.73. The molecular formula is C22H47NO2. The van der Waals surface area contributed by atoms with E-state index in [0.717, 1.165) is 12.8 Å². The lowest BCUT2D eigenvalue weighted by molar-refractivity contribution is -0.137. The van der Waals surface area contributed by atoms with Crippen molar-refractivity contribution in [2.45, 2.75) is 124 Å². The second kappa shape index (κ2) is 28.0. The van der Waals surface area contributed by atoms with Gasteiger partial charge in [-0.1, -0.05) is 97.1 Å². The van der Waals surface area contributed by atoms with Crippen LogP contribution in [0.15, 0.2) is 12.2 Å². The van der Waals surface area contributed by atoms with Gasteiger partial charge in [-0.2, -0.15) is 0 Å². The number of rotatable bonds is 16. The van der Waals surface area contributed by atoms with Crippen LogP contribution >= 0.6 is 0 Å². The first-order valence-electron chi connectivity index (χ1n) is 10.6. The number of hydrogen-bond donors (Lipinski definition) is 2. The highest BCUT2D eigenvalue weighted by Gasteiger charge is 1.95. The van der Waals surface area contributed by atoms with Crippen molar-refractivity contribution in [3.8, 4) is 0 Å². The Bertz CT molecular complexity index is 263. The molecule has 0 atom stereocenters. The van der Waals surface area contributed by atoms with Crippen LogP contribution in [0.4, 0.5) is 0 Å². The quantitative estimate of drug-likeness (QED) is 0.216. The third kappa shape index (κ3) is 35.2. The summed E-state index contributed by atoms with van der Waals surface area (Å²) in [4.78, 5) is 10.3. The Morgan fingerprint density at radius 3 is 1.44 bits per heavy atom. The summed E-state index contributed by atoms with van der Waals surface area (Å²) in [6.07, 6.45) is 23.9. The molecule has 4 N–H and O–H groups in total. The molecule has 0 heterocycles. The van der Waals surface area contributed by atoms with Gasteiger partial charge in [0, 0.05) is 6.42 Å². The Kier molecular flexibility index (Phi) is 32.4. The highest BCUT2D eigenvalue weighted by atomic mass is 16.4. The van der Waals surface area contributed by atoms with Gasteiger partial charge in [0.15, 0.2) is 0 Å². The molecule has 0 aliphatic rings. The summed E-state index contributed by atoms with van der Waals surface area (Å²) in [6, 6.07) is 0. The third-order valence-corrected chi connectivity index (χ3v) is 4.15. The van der Waals surface area contributed by atoms with Crippen LogP contribution in [-0.2, 0) is 4.79 Å². The normalized spacial score (nSPS) is 10.2. The highest BCUT2D eigenvalue weighted by Crippen LogP contribution is 2.09. The summed E-state index contributed by atoms with van der Waals surface area (Å²) >= 11 is 0. The van der Waals surface area contributed by atoms with Gasteiger partial charge in [0.1, 0.15) is 0 Å². The molecule has 0 saturated heterocycles. The number of unbranched alkanes of at least 4 members (excludes halogenated alkanes) is 12. The molecule has 0 fully saturated rings. The minimum absolute atomic E-state index is 0. The van der Waals surface area contributed by atoms with E-state index in [1.54, 1.807) is 0 Å². The van der Waals surface area contributed by atoms with Gasteiger partial charge >= 0.3 is 5.97 Å². The number of carboxylic acid groups (broad SMARTS) is 1. The number of carboxylic acids is 1. The first-order chi connectivity index (χ1) is 11.7. The van der Waals surface area contributed by atoms with Gasteiger partial charge in [-0.15, -0.1) is 0 Å². The Labute approximate surface area is 158 Å². The second-order valence-electron chi connectivity index (χ2n) is 6.73. The van der Waals surface area contributed by atoms with Crippen molar-refractivity contribution in [3.63, 3.8) is 0 Å². The number of aliphatic carboxylic acids is 1. The van der Waals surface area contributed by atoms with Gasteiger partial charge in [-0.25, -0.2) is 0 Å². The van der Waals surface area contributed by atoms with Crippen molar-refractivity contribution in [3.05, 3.63) is 12.2 Å². The third-order valence-electron chi connectivity index (χ3n) is 4.15. The predicted molar refractivity (Wildman–Crippen MR) is 113 cm³/mol. The molecular weight excluding hydrogens is 310 g/mol. The van der Waals surface area contributed by atoms with E-state index in [1.807, 2.05) is 0 Å². The van der Waals surface area contributed by atoms with Crippen molar-refractivity contribution in [2.24, 2.45) is 0 Å². The van der Waals surface area contributed by atoms with Crippen LogP contribution in [0.5, 0.6) is 0 Å². The molecule has 0 amide bonds. The van der Waals surface area contributed by atoms with E-state index in [2.05, 4.69) is 32.9 Å². The molecule has 0 aliphatic heterocycles. The van der Waals surface area contributed by atoms with Crippen LogP contribution in [0.3, 0.4) is 0 Å². The average Bonchev–Trinajstić information content (AvgIpc) is 2.58. The summed E-state index contributed by atoms with van der Waals surface area (Å²) in [7, 11) is 0. The topological polar surface area (TPSA) is 72.3 Å². The molecule has 0 saturated carbocycles. The predicted octanol–water partition coefficient (Wildman–Crippen LogP) is 8.08. The van der Waals surface area contributed by atoms with Crippen molar-refractivity contribution < 1.29 is 9.90 Å². The molecule has 152 valence electrons. The maximum Gasteiger partial charge on any atom is 0.303 e. The van der Waals surface area contributed by atoms with Crippen molar-refractivity contribution in [1.29, 1.82) is 0 Å². The van der Waals surface area contributed by atoms with Crippen LogP contribution in [0.1, 0.15) is 124 Å². The Hall–Kier alpha value is -0.830. The molecule has 0 unspecified atom stereocenters.